The summed E-state index contributed by atoms with van der Waals surface area (Å²) in [6.07, 6.45) is 1.57. The van der Waals surface area contributed by atoms with Crippen molar-refractivity contribution >= 4 is 23.5 Å². The first-order chi connectivity index (χ1) is 14.2. The molecular formula is C20H22N4O4S. The van der Waals surface area contributed by atoms with E-state index in [2.05, 4.69) is 20.2 Å². The number of aromatic nitrogens is 2. The Balaban J connectivity index is 1.34. The van der Waals surface area contributed by atoms with Crippen LogP contribution in [0.5, 0.6) is 0 Å². The van der Waals surface area contributed by atoms with Crippen LogP contribution in [0.25, 0.3) is 0 Å². The van der Waals surface area contributed by atoms with Crippen LogP contribution in [-0.4, -0.2) is 42.2 Å². The number of anilines is 1. The number of carbonyl (C=O) groups excluding carboxylic acids is 1. The highest BCUT2D eigenvalue weighted by Gasteiger charge is 2.15. The summed E-state index contributed by atoms with van der Waals surface area (Å²) in [5.41, 5.74) is 0.918. The number of amides is 1. The second-order valence-electron chi connectivity index (χ2n) is 6.57. The maximum atomic E-state index is 12.2. The Kier molecular flexibility index (Phi) is 6.16. The molecule has 0 bridgehead atoms. The number of aryl methyl sites for hydroxylation is 1. The van der Waals surface area contributed by atoms with E-state index in [1.807, 2.05) is 13.0 Å². The maximum absolute atomic E-state index is 12.2. The number of rotatable bonds is 7. The number of thioether (sulfide) groups is 1. The molecule has 1 aliphatic heterocycles. The molecule has 152 valence electrons. The zero-order valence-corrected chi connectivity index (χ0v) is 16.9. The lowest BCUT2D eigenvalue weighted by molar-refractivity contribution is 0.0919. The van der Waals surface area contributed by atoms with Gasteiger partial charge in [-0.25, -0.2) is 9.97 Å². The van der Waals surface area contributed by atoms with E-state index in [-0.39, 0.29) is 11.7 Å². The molecule has 4 heterocycles. The van der Waals surface area contributed by atoms with Gasteiger partial charge in [-0.05, 0) is 31.2 Å². The number of nitrogens with zero attached hydrogens (tertiary/aromatic N) is 3. The van der Waals surface area contributed by atoms with E-state index in [1.165, 1.54) is 11.8 Å². The molecule has 1 N–H and O–H groups in total. The first-order valence-electron chi connectivity index (χ1n) is 9.38. The minimum Gasteiger partial charge on any atom is -0.467 e. The molecule has 29 heavy (non-hydrogen) atoms. The third-order valence-electron chi connectivity index (χ3n) is 4.39. The smallest absolute Gasteiger partial charge is 0.287 e. The molecule has 1 aliphatic rings. The van der Waals surface area contributed by atoms with Gasteiger partial charge >= 0.3 is 0 Å². The molecule has 0 spiro atoms. The summed E-state index contributed by atoms with van der Waals surface area (Å²) in [6.45, 7) is 5.36. The first kappa shape index (κ1) is 19.5. The first-order valence-corrected chi connectivity index (χ1v) is 10.4. The van der Waals surface area contributed by atoms with Gasteiger partial charge < -0.3 is 23.8 Å². The van der Waals surface area contributed by atoms with Crippen molar-refractivity contribution < 1.29 is 18.4 Å². The van der Waals surface area contributed by atoms with Gasteiger partial charge in [0.25, 0.3) is 5.91 Å². The Morgan fingerprint density at radius 3 is 2.86 bits per heavy atom. The molecule has 8 nitrogen and oxygen atoms in total. The number of furan rings is 2. The molecule has 0 aromatic carbocycles. The van der Waals surface area contributed by atoms with Gasteiger partial charge in [-0.1, -0.05) is 11.8 Å². The fourth-order valence-electron chi connectivity index (χ4n) is 2.93. The summed E-state index contributed by atoms with van der Waals surface area (Å²) < 4.78 is 16.3. The van der Waals surface area contributed by atoms with Gasteiger partial charge in [-0.15, -0.1) is 0 Å². The highest BCUT2D eigenvalue weighted by atomic mass is 32.2. The van der Waals surface area contributed by atoms with E-state index in [9.17, 15) is 4.79 Å². The van der Waals surface area contributed by atoms with Gasteiger partial charge in [0.15, 0.2) is 10.9 Å². The molecule has 1 amide bonds. The van der Waals surface area contributed by atoms with Crippen LogP contribution < -0.4 is 10.2 Å². The van der Waals surface area contributed by atoms with Gasteiger partial charge in [0.1, 0.15) is 17.3 Å². The Morgan fingerprint density at radius 2 is 2.07 bits per heavy atom. The van der Waals surface area contributed by atoms with Crippen molar-refractivity contribution in [3.05, 3.63) is 59.6 Å². The van der Waals surface area contributed by atoms with Crippen LogP contribution in [0.3, 0.4) is 0 Å². The van der Waals surface area contributed by atoms with Crippen molar-refractivity contribution in [1.29, 1.82) is 0 Å². The van der Waals surface area contributed by atoms with E-state index >= 15 is 0 Å². The van der Waals surface area contributed by atoms with Crippen LogP contribution in [0.4, 0.5) is 5.82 Å². The Hall–Kier alpha value is -2.78. The summed E-state index contributed by atoms with van der Waals surface area (Å²) in [5.74, 6) is 2.83. The SMILES string of the molecule is Cc1cc(N2CCOCC2)nc(SCc2ccc(C(=O)NCc3ccco3)o2)n1. The predicted octanol–water partition coefficient (Wildman–Crippen LogP) is 3.03. The average Bonchev–Trinajstić information content (AvgIpc) is 3.43. The van der Waals surface area contributed by atoms with Crippen molar-refractivity contribution in [3.63, 3.8) is 0 Å². The van der Waals surface area contributed by atoms with Crippen molar-refractivity contribution in [3.8, 4) is 0 Å². The van der Waals surface area contributed by atoms with Crippen molar-refractivity contribution in [2.75, 3.05) is 31.2 Å². The van der Waals surface area contributed by atoms with Crippen LogP contribution in [-0.2, 0) is 17.0 Å². The van der Waals surface area contributed by atoms with Crippen LogP contribution >= 0.6 is 11.8 Å². The molecule has 0 unspecified atom stereocenters. The predicted molar refractivity (Wildman–Crippen MR) is 108 cm³/mol. The summed E-state index contributed by atoms with van der Waals surface area (Å²) in [5, 5.41) is 3.45. The summed E-state index contributed by atoms with van der Waals surface area (Å²) in [6, 6.07) is 9.04. The fourth-order valence-corrected chi connectivity index (χ4v) is 3.72. The normalized spacial score (nSPS) is 14.2. The largest absolute Gasteiger partial charge is 0.467 e. The van der Waals surface area contributed by atoms with Crippen LogP contribution in [0.1, 0.15) is 27.8 Å². The van der Waals surface area contributed by atoms with Crippen molar-refractivity contribution in [1.82, 2.24) is 15.3 Å². The van der Waals surface area contributed by atoms with E-state index in [0.29, 0.717) is 42.2 Å². The standard InChI is InChI=1S/C20H22N4O4S/c1-14-11-18(24-6-9-26-10-7-24)23-20(22-14)29-13-16-4-5-17(28-16)19(25)21-12-15-3-2-8-27-15/h2-5,8,11H,6-7,9-10,12-13H2,1H3,(H,21,25). The third kappa shape index (κ3) is 5.18. The van der Waals surface area contributed by atoms with E-state index in [0.717, 1.165) is 24.6 Å². The highest BCUT2D eigenvalue weighted by Crippen LogP contribution is 2.24. The van der Waals surface area contributed by atoms with Gasteiger partial charge in [0.2, 0.25) is 0 Å². The van der Waals surface area contributed by atoms with Crippen molar-refractivity contribution in [2.24, 2.45) is 0 Å². The molecule has 3 aromatic heterocycles. The van der Waals surface area contributed by atoms with Crippen LogP contribution in [0.2, 0.25) is 0 Å². The maximum Gasteiger partial charge on any atom is 0.287 e. The number of hydrogen-bond acceptors (Lipinski definition) is 8. The average molecular weight is 414 g/mol. The summed E-state index contributed by atoms with van der Waals surface area (Å²) in [4.78, 5) is 23.6. The lowest BCUT2D eigenvalue weighted by Crippen LogP contribution is -2.36. The Labute approximate surface area is 172 Å². The number of ether oxygens (including phenoxy) is 1. The lowest BCUT2D eigenvalue weighted by Gasteiger charge is -2.28. The summed E-state index contributed by atoms with van der Waals surface area (Å²) >= 11 is 1.48. The van der Waals surface area contributed by atoms with Crippen molar-refractivity contribution in [2.45, 2.75) is 24.4 Å². The zero-order valence-electron chi connectivity index (χ0n) is 16.1. The molecule has 9 heteroatoms. The Bertz CT molecular complexity index is 951. The second kappa shape index (κ2) is 9.15. The molecule has 1 saturated heterocycles. The number of nitrogens with one attached hydrogen (secondary N) is 1. The van der Waals surface area contributed by atoms with Crippen LogP contribution in [0, 0.1) is 6.92 Å². The molecule has 1 fully saturated rings. The molecule has 0 aliphatic carbocycles. The minimum absolute atomic E-state index is 0.270. The Morgan fingerprint density at radius 1 is 1.21 bits per heavy atom. The molecule has 0 saturated carbocycles. The second-order valence-corrected chi connectivity index (χ2v) is 7.51. The fraction of sp³-hybridized carbons (Fsp3) is 0.350. The monoisotopic (exact) mass is 414 g/mol. The minimum atomic E-state index is -0.279. The number of carbonyl (C=O) groups is 1. The molecule has 3 aromatic rings. The van der Waals surface area contributed by atoms with Crippen LogP contribution in [0.15, 0.2) is 50.6 Å². The van der Waals surface area contributed by atoms with E-state index < -0.39 is 0 Å². The lowest BCUT2D eigenvalue weighted by atomic mass is 10.3. The van der Waals surface area contributed by atoms with Gasteiger partial charge in [-0.2, -0.15) is 0 Å². The molecular weight excluding hydrogens is 392 g/mol. The van der Waals surface area contributed by atoms with E-state index in [4.69, 9.17) is 13.6 Å². The highest BCUT2D eigenvalue weighted by molar-refractivity contribution is 7.98. The van der Waals surface area contributed by atoms with Gasteiger partial charge in [-0.3, -0.25) is 4.79 Å². The molecule has 0 radical (unpaired) electrons. The molecule has 4 rings (SSSR count). The topological polar surface area (TPSA) is 93.6 Å². The quantitative estimate of drug-likeness (QED) is 0.466. The zero-order chi connectivity index (χ0) is 20.1. The van der Waals surface area contributed by atoms with Gasteiger partial charge in [0.05, 0.1) is 31.8 Å². The van der Waals surface area contributed by atoms with Gasteiger partial charge in [0, 0.05) is 24.8 Å². The molecule has 0 atom stereocenters. The third-order valence-corrected chi connectivity index (χ3v) is 5.26. The van der Waals surface area contributed by atoms with E-state index in [1.54, 1.807) is 30.5 Å². The number of morpholine rings is 1. The summed E-state index contributed by atoms with van der Waals surface area (Å²) in [7, 11) is 0. The number of hydrogen-bond donors (Lipinski definition) is 1.